The lowest BCUT2D eigenvalue weighted by molar-refractivity contribution is -0.151. The summed E-state index contributed by atoms with van der Waals surface area (Å²) in [6.07, 6.45) is 2.43. The fourth-order valence-electron chi connectivity index (χ4n) is 1.98. The summed E-state index contributed by atoms with van der Waals surface area (Å²) in [7, 11) is 3.51. The highest BCUT2D eigenvalue weighted by atomic mass is 16.5. The van der Waals surface area contributed by atoms with Crippen molar-refractivity contribution in [3.05, 3.63) is 0 Å². The van der Waals surface area contributed by atoms with Crippen LogP contribution in [0.5, 0.6) is 0 Å². The third kappa shape index (κ3) is 4.23. The molecule has 1 saturated carbocycles. The van der Waals surface area contributed by atoms with Gasteiger partial charge >= 0.3 is 5.97 Å². The molecule has 5 heteroatoms. The van der Waals surface area contributed by atoms with E-state index in [9.17, 15) is 4.79 Å². The van der Waals surface area contributed by atoms with Crippen molar-refractivity contribution < 1.29 is 14.3 Å². The summed E-state index contributed by atoms with van der Waals surface area (Å²) in [5.74, 6) is -0.185. The maximum absolute atomic E-state index is 12.0. The molecule has 0 aromatic heterocycles. The number of hydrogen-bond donors (Lipinski definition) is 1. The van der Waals surface area contributed by atoms with E-state index in [1.54, 1.807) is 14.2 Å². The van der Waals surface area contributed by atoms with Gasteiger partial charge in [0.15, 0.2) is 0 Å². The van der Waals surface area contributed by atoms with Gasteiger partial charge in [0.25, 0.3) is 0 Å². The molecule has 0 spiro atoms. The summed E-state index contributed by atoms with van der Waals surface area (Å²) in [5.41, 5.74) is -0.646. The molecule has 1 atom stereocenters. The van der Waals surface area contributed by atoms with Crippen LogP contribution in [-0.2, 0) is 14.3 Å². The molecule has 5 nitrogen and oxygen atoms in total. The minimum atomic E-state index is -0.646. The Bertz CT molecular complexity index is 269. The first kappa shape index (κ1) is 15.4. The van der Waals surface area contributed by atoms with Crippen molar-refractivity contribution in [2.45, 2.75) is 38.3 Å². The first-order valence-corrected chi connectivity index (χ1v) is 6.66. The van der Waals surface area contributed by atoms with Gasteiger partial charge in [0.2, 0.25) is 0 Å². The SMILES string of the molecule is CCOC(=O)C(C)(CN(CCOC)C1CC1)NC. The maximum atomic E-state index is 12.0. The van der Waals surface area contributed by atoms with Crippen LogP contribution in [0.4, 0.5) is 0 Å². The van der Waals surface area contributed by atoms with E-state index in [0.29, 0.717) is 25.8 Å². The number of carbonyl (C=O) groups excluding carboxylic acids is 1. The normalized spacial score (nSPS) is 18.7. The summed E-state index contributed by atoms with van der Waals surface area (Å²) in [6.45, 7) is 6.36. The molecule has 0 aromatic carbocycles. The minimum absolute atomic E-state index is 0.185. The topological polar surface area (TPSA) is 50.8 Å². The zero-order valence-electron chi connectivity index (χ0n) is 12.0. The number of nitrogens with zero attached hydrogens (tertiary/aromatic N) is 1. The molecule has 0 aliphatic heterocycles. The maximum Gasteiger partial charge on any atom is 0.327 e. The van der Waals surface area contributed by atoms with Crippen molar-refractivity contribution in [3.63, 3.8) is 0 Å². The van der Waals surface area contributed by atoms with Crippen LogP contribution < -0.4 is 5.32 Å². The van der Waals surface area contributed by atoms with Gasteiger partial charge in [-0.1, -0.05) is 0 Å². The quantitative estimate of drug-likeness (QED) is 0.615. The van der Waals surface area contributed by atoms with Crippen molar-refractivity contribution in [3.8, 4) is 0 Å². The largest absolute Gasteiger partial charge is 0.465 e. The number of carbonyl (C=O) groups is 1. The Balaban J connectivity index is 2.59. The van der Waals surface area contributed by atoms with Crippen molar-refractivity contribution in [1.82, 2.24) is 10.2 Å². The molecule has 1 aliphatic carbocycles. The highest BCUT2D eigenvalue weighted by Gasteiger charge is 2.39. The van der Waals surface area contributed by atoms with Gasteiger partial charge in [-0.3, -0.25) is 9.69 Å². The molecule has 0 bridgehead atoms. The average molecular weight is 258 g/mol. The third-order valence-electron chi connectivity index (χ3n) is 3.44. The molecule has 0 aromatic rings. The van der Waals surface area contributed by atoms with Crippen LogP contribution in [0, 0.1) is 0 Å². The Labute approximate surface area is 110 Å². The van der Waals surface area contributed by atoms with Gasteiger partial charge in [-0.05, 0) is 33.7 Å². The van der Waals surface area contributed by atoms with Crippen LogP contribution in [0.1, 0.15) is 26.7 Å². The first-order chi connectivity index (χ1) is 8.57. The molecule has 0 amide bonds. The van der Waals surface area contributed by atoms with Crippen LogP contribution in [-0.4, -0.2) is 62.9 Å². The van der Waals surface area contributed by atoms with Gasteiger partial charge in [-0.2, -0.15) is 0 Å². The molecule has 1 fully saturated rings. The van der Waals surface area contributed by atoms with Crippen LogP contribution in [0.25, 0.3) is 0 Å². The van der Waals surface area contributed by atoms with Crippen molar-refractivity contribution in [2.24, 2.45) is 0 Å². The highest BCUT2D eigenvalue weighted by Crippen LogP contribution is 2.28. The number of rotatable bonds is 9. The molecule has 1 aliphatic rings. The van der Waals surface area contributed by atoms with E-state index in [0.717, 1.165) is 6.54 Å². The highest BCUT2D eigenvalue weighted by molar-refractivity contribution is 5.80. The molecular weight excluding hydrogens is 232 g/mol. The summed E-state index contributed by atoms with van der Waals surface area (Å²) in [5, 5.41) is 3.10. The second kappa shape index (κ2) is 7.07. The second-order valence-corrected chi connectivity index (χ2v) is 5.00. The standard InChI is InChI=1S/C13H26N2O3/c1-5-18-12(16)13(2,14-3)10-15(8-9-17-4)11-6-7-11/h11,14H,5-10H2,1-4H3. The van der Waals surface area contributed by atoms with E-state index in [2.05, 4.69) is 10.2 Å². The van der Waals surface area contributed by atoms with E-state index in [1.807, 2.05) is 13.8 Å². The molecule has 1 rings (SSSR count). The van der Waals surface area contributed by atoms with Crippen molar-refractivity contribution >= 4 is 5.97 Å². The zero-order chi connectivity index (χ0) is 13.6. The van der Waals surface area contributed by atoms with Crippen molar-refractivity contribution in [1.29, 1.82) is 0 Å². The molecule has 106 valence electrons. The van der Waals surface area contributed by atoms with Crippen LogP contribution in [0.15, 0.2) is 0 Å². The Morgan fingerprint density at radius 2 is 2.17 bits per heavy atom. The predicted molar refractivity (Wildman–Crippen MR) is 70.6 cm³/mol. The van der Waals surface area contributed by atoms with Gasteiger partial charge in [-0.15, -0.1) is 0 Å². The summed E-state index contributed by atoms with van der Waals surface area (Å²) < 4.78 is 10.3. The molecule has 0 radical (unpaired) electrons. The molecule has 0 heterocycles. The van der Waals surface area contributed by atoms with E-state index in [1.165, 1.54) is 12.8 Å². The smallest absolute Gasteiger partial charge is 0.327 e. The number of nitrogens with one attached hydrogen (secondary N) is 1. The number of ether oxygens (including phenoxy) is 2. The van der Waals surface area contributed by atoms with Gasteiger partial charge in [0.05, 0.1) is 13.2 Å². The number of esters is 1. The predicted octanol–water partition coefficient (Wildman–Crippen LogP) is 0.638. The van der Waals surface area contributed by atoms with Crippen molar-refractivity contribution in [2.75, 3.05) is 40.5 Å². The van der Waals surface area contributed by atoms with E-state index in [4.69, 9.17) is 9.47 Å². The number of hydrogen-bond acceptors (Lipinski definition) is 5. The lowest BCUT2D eigenvalue weighted by atomic mass is 10.0. The fraction of sp³-hybridized carbons (Fsp3) is 0.923. The number of likely N-dealkylation sites (N-methyl/N-ethyl adjacent to an activating group) is 1. The first-order valence-electron chi connectivity index (χ1n) is 6.66. The minimum Gasteiger partial charge on any atom is -0.465 e. The molecule has 1 N–H and O–H groups in total. The van der Waals surface area contributed by atoms with E-state index >= 15 is 0 Å². The zero-order valence-corrected chi connectivity index (χ0v) is 12.0. The summed E-state index contributed by atoms with van der Waals surface area (Å²) in [6, 6.07) is 0.599. The molecular formula is C13H26N2O3. The molecule has 18 heavy (non-hydrogen) atoms. The Hall–Kier alpha value is -0.650. The summed E-state index contributed by atoms with van der Waals surface area (Å²) in [4.78, 5) is 14.3. The molecule has 1 unspecified atom stereocenters. The third-order valence-corrected chi connectivity index (χ3v) is 3.44. The average Bonchev–Trinajstić information content (AvgIpc) is 3.18. The Morgan fingerprint density at radius 3 is 2.61 bits per heavy atom. The second-order valence-electron chi connectivity index (χ2n) is 5.00. The van der Waals surface area contributed by atoms with E-state index < -0.39 is 5.54 Å². The fourth-order valence-corrected chi connectivity index (χ4v) is 1.98. The lowest BCUT2D eigenvalue weighted by Gasteiger charge is -2.33. The molecule has 0 saturated heterocycles. The Morgan fingerprint density at radius 1 is 1.50 bits per heavy atom. The lowest BCUT2D eigenvalue weighted by Crippen LogP contribution is -2.57. The van der Waals surface area contributed by atoms with Crippen LogP contribution >= 0.6 is 0 Å². The van der Waals surface area contributed by atoms with Crippen LogP contribution in [0.3, 0.4) is 0 Å². The van der Waals surface area contributed by atoms with E-state index in [-0.39, 0.29) is 5.97 Å². The van der Waals surface area contributed by atoms with Gasteiger partial charge in [0, 0.05) is 26.2 Å². The van der Waals surface area contributed by atoms with Crippen LogP contribution in [0.2, 0.25) is 0 Å². The Kier molecular flexibility index (Phi) is 6.05. The van der Waals surface area contributed by atoms with Gasteiger partial charge in [-0.25, -0.2) is 0 Å². The monoisotopic (exact) mass is 258 g/mol. The number of methoxy groups -OCH3 is 1. The van der Waals surface area contributed by atoms with Gasteiger partial charge < -0.3 is 14.8 Å². The summed E-state index contributed by atoms with van der Waals surface area (Å²) >= 11 is 0. The van der Waals surface area contributed by atoms with Gasteiger partial charge in [0.1, 0.15) is 5.54 Å².